The lowest BCUT2D eigenvalue weighted by atomic mass is 10.2. The summed E-state index contributed by atoms with van der Waals surface area (Å²) in [6, 6.07) is 13.7. The number of rotatable bonds is 3. The Kier molecular flexibility index (Phi) is 3.78. The summed E-state index contributed by atoms with van der Waals surface area (Å²) >= 11 is 0. The Morgan fingerprint density at radius 1 is 1.05 bits per heavy atom. The third kappa shape index (κ3) is 2.79. The molecule has 0 fully saturated rings. The van der Waals surface area contributed by atoms with Crippen molar-refractivity contribution in [2.75, 3.05) is 0 Å². The molecule has 22 heavy (non-hydrogen) atoms. The van der Waals surface area contributed by atoms with Gasteiger partial charge in [0.05, 0.1) is 16.7 Å². The number of hydrogen-bond donors (Lipinski definition) is 1. The van der Waals surface area contributed by atoms with Crippen LogP contribution in [0.4, 0.5) is 4.39 Å². The van der Waals surface area contributed by atoms with E-state index in [1.54, 1.807) is 31.2 Å². The van der Waals surface area contributed by atoms with Crippen molar-refractivity contribution in [2.45, 2.75) is 13.5 Å². The summed E-state index contributed by atoms with van der Waals surface area (Å²) in [5, 5.41) is 2.68. The molecule has 1 N–H and O–H groups in total. The van der Waals surface area contributed by atoms with Gasteiger partial charge in [0.2, 0.25) is 0 Å². The number of nitrogens with one attached hydrogen (secondary N) is 1. The van der Waals surface area contributed by atoms with Gasteiger partial charge in [-0.15, -0.1) is 0 Å². The second kappa shape index (κ2) is 5.89. The summed E-state index contributed by atoms with van der Waals surface area (Å²) in [6.45, 7) is 1.84. The molecule has 5 heteroatoms. The Morgan fingerprint density at radius 3 is 2.41 bits per heavy atom. The van der Waals surface area contributed by atoms with Crippen LogP contribution in [0.1, 0.15) is 21.7 Å². The lowest BCUT2D eigenvalue weighted by molar-refractivity contribution is 0.0945. The number of benzene rings is 2. The molecule has 1 amide bonds. The lowest BCUT2D eigenvalue weighted by Crippen LogP contribution is -2.25. The Labute approximate surface area is 127 Å². The van der Waals surface area contributed by atoms with Gasteiger partial charge in [-0.1, -0.05) is 30.3 Å². The summed E-state index contributed by atoms with van der Waals surface area (Å²) in [4.78, 5) is 21.0. The number of fused-ring (bicyclic) bond motifs is 1. The maximum atomic E-state index is 13.6. The van der Waals surface area contributed by atoms with Crippen molar-refractivity contribution < 1.29 is 9.18 Å². The monoisotopic (exact) mass is 295 g/mol. The van der Waals surface area contributed by atoms with Crippen molar-refractivity contribution in [1.82, 2.24) is 15.3 Å². The molecule has 0 aliphatic carbocycles. The molecule has 0 saturated carbocycles. The molecule has 1 heterocycles. The van der Waals surface area contributed by atoms with Crippen molar-refractivity contribution in [3.8, 4) is 0 Å². The molecule has 0 atom stereocenters. The molecule has 0 unspecified atom stereocenters. The Bertz CT molecular complexity index is 848. The summed E-state index contributed by atoms with van der Waals surface area (Å²) in [7, 11) is 0. The topological polar surface area (TPSA) is 54.9 Å². The predicted octanol–water partition coefficient (Wildman–Crippen LogP) is 3.01. The highest BCUT2D eigenvalue weighted by Crippen LogP contribution is 2.12. The number of aryl methyl sites for hydroxylation is 1. The molecule has 0 bridgehead atoms. The minimum atomic E-state index is -0.362. The van der Waals surface area contributed by atoms with Gasteiger partial charge >= 0.3 is 0 Å². The van der Waals surface area contributed by atoms with E-state index in [9.17, 15) is 9.18 Å². The average Bonchev–Trinajstić information content (AvgIpc) is 2.53. The van der Waals surface area contributed by atoms with Crippen molar-refractivity contribution >= 4 is 16.9 Å². The maximum absolute atomic E-state index is 13.6. The second-order valence-corrected chi connectivity index (χ2v) is 4.92. The Hall–Kier alpha value is -2.82. The predicted molar refractivity (Wildman–Crippen MR) is 81.8 cm³/mol. The number of halogens is 1. The van der Waals surface area contributed by atoms with Gasteiger partial charge in [0.15, 0.2) is 0 Å². The minimum Gasteiger partial charge on any atom is -0.346 e. The van der Waals surface area contributed by atoms with Crippen molar-refractivity contribution in [2.24, 2.45) is 0 Å². The molecule has 0 radical (unpaired) electrons. The third-order valence-electron chi connectivity index (χ3n) is 3.36. The molecule has 0 saturated heterocycles. The van der Waals surface area contributed by atoms with Crippen LogP contribution in [0.15, 0.2) is 48.5 Å². The van der Waals surface area contributed by atoms with Crippen LogP contribution in [-0.2, 0) is 6.54 Å². The average molecular weight is 295 g/mol. The third-order valence-corrected chi connectivity index (χ3v) is 3.36. The van der Waals surface area contributed by atoms with Crippen LogP contribution in [0.3, 0.4) is 0 Å². The fourth-order valence-electron chi connectivity index (χ4n) is 2.20. The van der Waals surface area contributed by atoms with E-state index in [4.69, 9.17) is 0 Å². The number of nitrogens with zero attached hydrogens (tertiary/aromatic N) is 2. The molecule has 0 spiro atoms. The van der Waals surface area contributed by atoms with Crippen LogP contribution in [-0.4, -0.2) is 15.9 Å². The molecular weight excluding hydrogens is 281 g/mol. The molecule has 3 rings (SSSR count). The van der Waals surface area contributed by atoms with Crippen molar-refractivity contribution in [3.63, 3.8) is 0 Å². The fourth-order valence-corrected chi connectivity index (χ4v) is 2.20. The smallest absolute Gasteiger partial charge is 0.272 e. The highest BCUT2D eigenvalue weighted by Gasteiger charge is 2.13. The van der Waals surface area contributed by atoms with Crippen LogP contribution >= 0.6 is 0 Å². The second-order valence-electron chi connectivity index (χ2n) is 4.92. The van der Waals surface area contributed by atoms with Crippen LogP contribution in [0, 0.1) is 12.7 Å². The van der Waals surface area contributed by atoms with E-state index in [1.165, 1.54) is 6.07 Å². The van der Waals surface area contributed by atoms with Gasteiger partial charge in [-0.2, -0.15) is 0 Å². The minimum absolute atomic E-state index is 0.111. The first kappa shape index (κ1) is 14.1. The van der Waals surface area contributed by atoms with Gasteiger partial charge < -0.3 is 5.32 Å². The SMILES string of the molecule is Cc1nc2ccccc2nc1C(=O)NCc1ccccc1F. The molecule has 3 aromatic rings. The van der Waals surface area contributed by atoms with Gasteiger partial charge in [-0.3, -0.25) is 4.79 Å². The molecule has 110 valence electrons. The number of aromatic nitrogens is 2. The molecular formula is C17H14FN3O. The van der Waals surface area contributed by atoms with E-state index in [0.717, 1.165) is 5.52 Å². The lowest BCUT2D eigenvalue weighted by Gasteiger charge is -2.08. The van der Waals surface area contributed by atoms with Gasteiger partial charge in [0.1, 0.15) is 11.5 Å². The van der Waals surface area contributed by atoms with E-state index in [2.05, 4.69) is 15.3 Å². The normalized spacial score (nSPS) is 10.6. The van der Waals surface area contributed by atoms with E-state index in [1.807, 2.05) is 18.2 Å². The van der Waals surface area contributed by atoms with Gasteiger partial charge in [-0.05, 0) is 25.1 Å². The maximum Gasteiger partial charge on any atom is 0.272 e. The molecule has 2 aromatic carbocycles. The number of carbonyl (C=O) groups excluding carboxylic acids is 1. The van der Waals surface area contributed by atoms with Gasteiger partial charge in [0, 0.05) is 12.1 Å². The first-order valence-corrected chi connectivity index (χ1v) is 6.90. The zero-order chi connectivity index (χ0) is 15.5. The van der Waals surface area contributed by atoms with Crippen LogP contribution in [0.2, 0.25) is 0 Å². The number of hydrogen-bond acceptors (Lipinski definition) is 3. The van der Waals surface area contributed by atoms with E-state index < -0.39 is 0 Å². The quantitative estimate of drug-likeness (QED) is 0.808. The Morgan fingerprint density at radius 2 is 1.68 bits per heavy atom. The first-order valence-electron chi connectivity index (χ1n) is 6.90. The molecule has 1 aromatic heterocycles. The van der Waals surface area contributed by atoms with Gasteiger partial charge in [0.25, 0.3) is 5.91 Å². The first-order chi connectivity index (χ1) is 10.6. The van der Waals surface area contributed by atoms with Crippen LogP contribution < -0.4 is 5.32 Å². The number of carbonyl (C=O) groups is 1. The van der Waals surface area contributed by atoms with E-state index >= 15 is 0 Å². The molecule has 4 nitrogen and oxygen atoms in total. The summed E-state index contributed by atoms with van der Waals surface area (Å²) in [6.07, 6.45) is 0. The van der Waals surface area contributed by atoms with Crippen molar-refractivity contribution in [3.05, 3.63) is 71.3 Å². The highest BCUT2D eigenvalue weighted by molar-refractivity contribution is 5.95. The fraction of sp³-hybridized carbons (Fsp3) is 0.118. The van der Waals surface area contributed by atoms with Gasteiger partial charge in [-0.25, -0.2) is 14.4 Å². The number of amides is 1. The molecule has 0 aliphatic heterocycles. The zero-order valence-corrected chi connectivity index (χ0v) is 12.0. The van der Waals surface area contributed by atoms with E-state index in [-0.39, 0.29) is 24.0 Å². The standard InChI is InChI=1S/C17H14FN3O/c1-11-16(21-15-9-5-4-8-14(15)20-11)17(22)19-10-12-6-2-3-7-13(12)18/h2-9H,10H2,1H3,(H,19,22). The summed E-state index contributed by atoms with van der Waals surface area (Å²) in [5.41, 5.74) is 2.64. The van der Waals surface area contributed by atoms with Crippen LogP contribution in [0.5, 0.6) is 0 Å². The highest BCUT2D eigenvalue weighted by atomic mass is 19.1. The summed E-state index contributed by atoms with van der Waals surface area (Å²) < 4.78 is 13.6. The number of para-hydroxylation sites is 2. The van der Waals surface area contributed by atoms with Crippen molar-refractivity contribution in [1.29, 1.82) is 0 Å². The largest absolute Gasteiger partial charge is 0.346 e. The summed E-state index contributed by atoms with van der Waals surface area (Å²) in [5.74, 6) is -0.705. The molecule has 0 aliphatic rings. The zero-order valence-electron chi connectivity index (χ0n) is 12.0. The van der Waals surface area contributed by atoms with E-state index in [0.29, 0.717) is 16.8 Å². The van der Waals surface area contributed by atoms with Crippen LogP contribution in [0.25, 0.3) is 11.0 Å². The Balaban J connectivity index is 1.83.